The van der Waals surface area contributed by atoms with E-state index in [2.05, 4.69) is 14.7 Å². The molecule has 1 aromatic rings. The fourth-order valence-electron chi connectivity index (χ4n) is 4.02. The van der Waals surface area contributed by atoms with Gasteiger partial charge in [0.05, 0.1) is 26.1 Å². The number of aliphatic hydroxyl groups is 1. The van der Waals surface area contributed by atoms with Crippen molar-refractivity contribution in [1.29, 1.82) is 0 Å². The first-order valence-electron chi connectivity index (χ1n) is 6.65. The van der Waals surface area contributed by atoms with Crippen molar-refractivity contribution in [2.75, 3.05) is 39.6 Å². The summed E-state index contributed by atoms with van der Waals surface area (Å²) in [6.07, 6.45) is -0.355. The summed E-state index contributed by atoms with van der Waals surface area (Å²) in [5.41, 5.74) is 1.05. The molecule has 4 aliphatic heterocycles. The number of rotatable bonds is 2. The summed E-state index contributed by atoms with van der Waals surface area (Å²) in [6, 6.07) is 10.1. The third-order valence-electron chi connectivity index (χ3n) is 4.51. The van der Waals surface area contributed by atoms with Gasteiger partial charge in [-0.15, -0.1) is 0 Å². The highest BCUT2D eigenvalue weighted by atomic mass is 16.3. The minimum Gasteiger partial charge on any atom is -0.388 e. The first-order chi connectivity index (χ1) is 8.75. The van der Waals surface area contributed by atoms with Gasteiger partial charge in [-0.1, -0.05) is 30.3 Å². The van der Waals surface area contributed by atoms with E-state index in [4.69, 9.17) is 0 Å². The Morgan fingerprint density at radius 1 is 0.889 bits per heavy atom. The molecule has 4 heteroatoms. The second-order valence-corrected chi connectivity index (χ2v) is 6.09. The van der Waals surface area contributed by atoms with Gasteiger partial charge in [-0.05, 0) is 5.56 Å². The van der Waals surface area contributed by atoms with Crippen LogP contribution < -0.4 is 0 Å². The van der Waals surface area contributed by atoms with Crippen LogP contribution in [0.2, 0.25) is 0 Å². The summed E-state index contributed by atoms with van der Waals surface area (Å²) in [4.78, 5) is 7.34. The molecule has 4 aliphatic rings. The van der Waals surface area contributed by atoms with Gasteiger partial charge >= 0.3 is 0 Å². The van der Waals surface area contributed by atoms with E-state index in [-0.39, 0.29) is 11.5 Å². The number of hydrogen-bond donors (Lipinski definition) is 1. The lowest BCUT2D eigenvalue weighted by Gasteiger charge is -2.61. The first-order valence-corrected chi connectivity index (χ1v) is 6.65. The van der Waals surface area contributed by atoms with E-state index in [1.165, 1.54) is 0 Å². The van der Waals surface area contributed by atoms with Crippen LogP contribution in [0.3, 0.4) is 0 Å². The summed E-state index contributed by atoms with van der Waals surface area (Å²) in [5, 5.41) is 10.8. The Morgan fingerprint density at radius 2 is 1.39 bits per heavy atom. The van der Waals surface area contributed by atoms with Crippen LogP contribution in [-0.4, -0.2) is 59.4 Å². The van der Waals surface area contributed by atoms with Crippen LogP contribution in [0.15, 0.2) is 30.3 Å². The van der Waals surface area contributed by atoms with Gasteiger partial charge in [-0.3, -0.25) is 14.7 Å². The topological polar surface area (TPSA) is 30.0 Å². The molecule has 1 aromatic carbocycles. The predicted molar refractivity (Wildman–Crippen MR) is 68.6 cm³/mol. The van der Waals surface area contributed by atoms with E-state index < -0.39 is 0 Å². The Hall–Kier alpha value is -0.940. The predicted octanol–water partition coefficient (Wildman–Crippen LogP) is 0.526. The summed E-state index contributed by atoms with van der Waals surface area (Å²) < 4.78 is 0. The molecule has 0 unspecified atom stereocenters. The third-order valence-corrected chi connectivity index (χ3v) is 4.51. The zero-order chi connectivity index (χ0) is 12.2. The minimum atomic E-state index is -0.355. The Morgan fingerprint density at radius 3 is 1.89 bits per heavy atom. The van der Waals surface area contributed by atoms with Gasteiger partial charge in [-0.25, -0.2) is 0 Å². The highest BCUT2D eigenvalue weighted by molar-refractivity contribution is 5.22. The third kappa shape index (κ3) is 1.53. The second kappa shape index (κ2) is 3.78. The van der Waals surface area contributed by atoms with E-state index >= 15 is 0 Å². The largest absolute Gasteiger partial charge is 0.388 e. The van der Waals surface area contributed by atoms with Crippen LogP contribution in [0, 0.1) is 5.41 Å². The summed E-state index contributed by atoms with van der Waals surface area (Å²) in [5.74, 6) is 0. The highest BCUT2D eigenvalue weighted by Gasteiger charge is 2.52. The van der Waals surface area contributed by atoms with Gasteiger partial charge < -0.3 is 5.11 Å². The van der Waals surface area contributed by atoms with Gasteiger partial charge in [0.1, 0.15) is 0 Å². The zero-order valence-corrected chi connectivity index (χ0v) is 10.5. The molecule has 5 rings (SSSR count). The number of nitrogens with zero attached hydrogens (tertiary/aromatic N) is 3. The lowest BCUT2D eigenvalue weighted by Crippen LogP contribution is -2.73. The van der Waals surface area contributed by atoms with Crippen molar-refractivity contribution < 1.29 is 5.11 Å². The number of hydrogen-bond acceptors (Lipinski definition) is 4. The molecule has 4 fully saturated rings. The van der Waals surface area contributed by atoms with Crippen molar-refractivity contribution in [2.24, 2.45) is 5.41 Å². The van der Waals surface area contributed by atoms with E-state index in [0.717, 1.165) is 45.2 Å². The molecule has 18 heavy (non-hydrogen) atoms. The van der Waals surface area contributed by atoms with Crippen LogP contribution in [0.1, 0.15) is 11.7 Å². The molecular formula is C14H19N3O. The van der Waals surface area contributed by atoms with Crippen LogP contribution in [-0.2, 0) is 0 Å². The molecule has 0 aromatic heterocycles. The SMILES string of the molecule is O[C@H](c1ccccc1)C12CN3CN(CN(C3)C1)C2. The Labute approximate surface area is 107 Å². The maximum atomic E-state index is 10.8. The molecule has 0 saturated carbocycles. The molecule has 96 valence electrons. The quantitative estimate of drug-likeness (QED) is 0.823. The van der Waals surface area contributed by atoms with Crippen LogP contribution in [0.25, 0.3) is 0 Å². The van der Waals surface area contributed by atoms with E-state index in [0.29, 0.717) is 0 Å². The van der Waals surface area contributed by atoms with Crippen molar-refractivity contribution in [1.82, 2.24) is 14.7 Å². The van der Waals surface area contributed by atoms with Gasteiger partial charge in [0.25, 0.3) is 0 Å². The normalized spacial score (nSPS) is 43.1. The molecule has 4 nitrogen and oxygen atoms in total. The fourth-order valence-corrected chi connectivity index (χ4v) is 4.02. The average molecular weight is 245 g/mol. The first kappa shape index (κ1) is 10.9. The molecule has 4 bridgehead atoms. The van der Waals surface area contributed by atoms with Crippen LogP contribution in [0.4, 0.5) is 0 Å². The second-order valence-electron chi connectivity index (χ2n) is 6.09. The Bertz CT molecular complexity index is 412. The summed E-state index contributed by atoms with van der Waals surface area (Å²) >= 11 is 0. The zero-order valence-electron chi connectivity index (χ0n) is 10.5. The molecule has 4 saturated heterocycles. The van der Waals surface area contributed by atoms with Crippen molar-refractivity contribution in [3.8, 4) is 0 Å². The maximum Gasteiger partial charge on any atom is 0.0883 e. The standard InChI is InChI=1S/C14H19N3O/c18-13(12-4-2-1-3-5-12)14-6-15-9-16(7-14)11-17(8-14)10-15/h1-5,13,18H,6-11H2/t13-/m1/s1. The van der Waals surface area contributed by atoms with Gasteiger partial charge in [-0.2, -0.15) is 0 Å². The van der Waals surface area contributed by atoms with Crippen LogP contribution in [0.5, 0.6) is 0 Å². The Kier molecular flexibility index (Phi) is 2.29. The molecule has 1 N–H and O–H groups in total. The van der Waals surface area contributed by atoms with E-state index in [1.54, 1.807) is 0 Å². The molecule has 4 heterocycles. The maximum absolute atomic E-state index is 10.8. The minimum absolute atomic E-state index is 0.00387. The van der Waals surface area contributed by atoms with E-state index in [9.17, 15) is 5.11 Å². The molecular weight excluding hydrogens is 226 g/mol. The summed E-state index contributed by atoms with van der Waals surface area (Å²) in [6.45, 7) is 6.28. The fraction of sp³-hybridized carbons (Fsp3) is 0.571. The smallest absolute Gasteiger partial charge is 0.0883 e. The van der Waals surface area contributed by atoms with E-state index in [1.807, 2.05) is 30.3 Å². The van der Waals surface area contributed by atoms with Gasteiger partial charge in [0.15, 0.2) is 0 Å². The average Bonchev–Trinajstić information content (AvgIpc) is 2.37. The monoisotopic (exact) mass is 245 g/mol. The molecule has 0 spiro atoms. The number of benzene rings is 1. The van der Waals surface area contributed by atoms with Crippen molar-refractivity contribution >= 4 is 0 Å². The molecule has 0 amide bonds. The molecule has 0 radical (unpaired) electrons. The molecule has 0 aliphatic carbocycles. The Balaban J connectivity index is 1.67. The van der Waals surface area contributed by atoms with Crippen LogP contribution >= 0.6 is 0 Å². The summed E-state index contributed by atoms with van der Waals surface area (Å²) in [7, 11) is 0. The lowest BCUT2D eigenvalue weighted by molar-refractivity contribution is -0.204. The lowest BCUT2D eigenvalue weighted by atomic mass is 9.74. The van der Waals surface area contributed by atoms with Gasteiger partial charge in [0.2, 0.25) is 0 Å². The van der Waals surface area contributed by atoms with Crippen molar-refractivity contribution in [3.63, 3.8) is 0 Å². The van der Waals surface area contributed by atoms with Crippen molar-refractivity contribution in [2.45, 2.75) is 6.10 Å². The highest BCUT2D eigenvalue weighted by Crippen LogP contribution is 2.44. The number of aliphatic hydroxyl groups excluding tert-OH is 1. The van der Waals surface area contributed by atoms with Crippen molar-refractivity contribution in [3.05, 3.63) is 35.9 Å². The van der Waals surface area contributed by atoms with Gasteiger partial charge in [0, 0.05) is 25.0 Å². The molecule has 1 atom stereocenters.